The van der Waals surface area contributed by atoms with Crippen LogP contribution < -0.4 is 24.4 Å². The number of amides is 2. The van der Waals surface area contributed by atoms with Gasteiger partial charge in [-0.1, -0.05) is 18.2 Å². The summed E-state index contributed by atoms with van der Waals surface area (Å²) in [6.45, 7) is 2.63. The minimum absolute atomic E-state index is 0.0621. The Bertz CT molecular complexity index is 837. The second-order valence-corrected chi connectivity index (χ2v) is 5.93. The van der Waals surface area contributed by atoms with Crippen LogP contribution in [0.3, 0.4) is 0 Å². The van der Waals surface area contributed by atoms with Crippen LogP contribution in [0.1, 0.15) is 12.5 Å². The van der Waals surface area contributed by atoms with Crippen LogP contribution in [0, 0.1) is 0 Å². The number of hydrogen-bond donors (Lipinski definition) is 1. The molecule has 1 aliphatic rings. The molecule has 7 heteroatoms. The molecule has 1 aliphatic heterocycles. The van der Waals surface area contributed by atoms with E-state index in [9.17, 15) is 9.59 Å². The maximum Gasteiger partial charge on any atom is 0.265 e. The van der Waals surface area contributed by atoms with E-state index in [4.69, 9.17) is 14.2 Å². The fourth-order valence-corrected chi connectivity index (χ4v) is 2.82. The summed E-state index contributed by atoms with van der Waals surface area (Å²) in [5, 5.41) is 2.83. The van der Waals surface area contributed by atoms with Crippen LogP contribution >= 0.6 is 0 Å². The molecule has 0 atom stereocenters. The predicted molar refractivity (Wildman–Crippen MR) is 100 cm³/mol. The number of carbonyl (C=O) groups excluding carboxylic acids is 2. The molecule has 142 valence electrons. The number of carbonyl (C=O) groups is 2. The third-order valence-electron chi connectivity index (χ3n) is 4.13. The SMILES string of the molecule is CCOc1ccc(CNC(=O)CN2C(=O)COc3ccccc32)cc1OC. The zero-order valence-electron chi connectivity index (χ0n) is 15.4. The highest BCUT2D eigenvalue weighted by Crippen LogP contribution is 2.31. The smallest absolute Gasteiger partial charge is 0.265 e. The number of nitrogens with one attached hydrogen (secondary N) is 1. The number of nitrogens with zero attached hydrogens (tertiary/aromatic N) is 1. The summed E-state index contributed by atoms with van der Waals surface area (Å²) >= 11 is 0. The summed E-state index contributed by atoms with van der Waals surface area (Å²) in [6.07, 6.45) is 0. The average Bonchev–Trinajstić information content (AvgIpc) is 2.69. The number of hydrogen-bond acceptors (Lipinski definition) is 5. The number of anilines is 1. The molecule has 1 N–H and O–H groups in total. The van der Waals surface area contributed by atoms with Crippen molar-refractivity contribution in [1.82, 2.24) is 5.32 Å². The van der Waals surface area contributed by atoms with Crippen LogP contribution in [0.4, 0.5) is 5.69 Å². The maximum atomic E-state index is 12.4. The molecule has 0 saturated heterocycles. The molecule has 2 aromatic carbocycles. The number of ether oxygens (including phenoxy) is 3. The van der Waals surface area contributed by atoms with Crippen LogP contribution in [0.25, 0.3) is 0 Å². The van der Waals surface area contributed by atoms with Gasteiger partial charge in [-0.2, -0.15) is 0 Å². The molecule has 7 nitrogen and oxygen atoms in total. The first kappa shape index (κ1) is 18.6. The Morgan fingerprint density at radius 1 is 1.22 bits per heavy atom. The van der Waals surface area contributed by atoms with E-state index in [0.29, 0.717) is 36.1 Å². The predicted octanol–water partition coefficient (Wildman–Crippen LogP) is 2.14. The van der Waals surface area contributed by atoms with E-state index in [-0.39, 0.29) is 25.0 Å². The number of methoxy groups -OCH3 is 1. The standard InChI is InChI=1S/C20H22N2O5/c1-3-26-17-9-8-14(10-18(17)25-2)11-21-19(23)12-22-15-6-4-5-7-16(15)27-13-20(22)24/h4-10H,3,11-13H2,1-2H3,(H,21,23). The van der Waals surface area contributed by atoms with Gasteiger partial charge in [0.25, 0.3) is 5.91 Å². The normalized spacial score (nSPS) is 12.8. The molecule has 0 spiro atoms. The van der Waals surface area contributed by atoms with Crippen LogP contribution in [-0.2, 0) is 16.1 Å². The first-order chi connectivity index (χ1) is 13.1. The second kappa shape index (κ2) is 8.44. The minimum Gasteiger partial charge on any atom is -0.493 e. The number of fused-ring (bicyclic) bond motifs is 1. The van der Waals surface area contributed by atoms with Crippen molar-refractivity contribution in [2.75, 3.05) is 31.8 Å². The van der Waals surface area contributed by atoms with Gasteiger partial charge in [0, 0.05) is 6.54 Å². The van der Waals surface area contributed by atoms with Crippen LogP contribution in [-0.4, -0.2) is 38.7 Å². The largest absolute Gasteiger partial charge is 0.493 e. The van der Waals surface area contributed by atoms with Crippen LogP contribution in [0.5, 0.6) is 17.2 Å². The first-order valence-corrected chi connectivity index (χ1v) is 8.71. The van der Waals surface area contributed by atoms with E-state index in [2.05, 4.69) is 5.32 Å². The summed E-state index contributed by atoms with van der Waals surface area (Å²) in [6, 6.07) is 12.7. The first-order valence-electron chi connectivity index (χ1n) is 8.71. The lowest BCUT2D eigenvalue weighted by Gasteiger charge is -2.28. The van der Waals surface area contributed by atoms with Crippen molar-refractivity contribution in [3.8, 4) is 17.2 Å². The number of rotatable bonds is 7. The van der Waals surface area contributed by atoms with Gasteiger partial charge < -0.3 is 19.5 Å². The highest BCUT2D eigenvalue weighted by molar-refractivity contribution is 6.02. The van der Waals surface area contributed by atoms with Crippen molar-refractivity contribution in [2.45, 2.75) is 13.5 Å². The van der Waals surface area contributed by atoms with Gasteiger partial charge in [-0.3, -0.25) is 14.5 Å². The van der Waals surface area contributed by atoms with Crippen LogP contribution in [0.2, 0.25) is 0 Å². The van der Waals surface area contributed by atoms with E-state index in [1.54, 1.807) is 25.3 Å². The molecule has 2 aromatic rings. The van der Waals surface area contributed by atoms with Crippen molar-refractivity contribution < 1.29 is 23.8 Å². The topological polar surface area (TPSA) is 77.1 Å². The minimum atomic E-state index is -0.257. The molecule has 1 heterocycles. The zero-order chi connectivity index (χ0) is 19.2. The molecule has 0 aromatic heterocycles. The summed E-state index contributed by atoms with van der Waals surface area (Å²) in [5.41, 5.74) is 1.48. The highest BCUT2D eigenvalue weighted by Gasteiger charge is 2.26. The number of para-hydroxylation sites is 2. The van der Waals surface area contributed by atoms with Crippen molar-refractivity contribution in [3.05, 3.63) is 48.0 Å². The van der Waals surface area contributed by atoms with Gasteiger partial charge in [0.05, 0.1) is 19.4 Å². The fourth-order valence-electron chi connectivity index (χ4n) is 2.82. The summed E-state index contributed by atoms with van der Waals surface area (Å²) in [4.78, 5) is 25.9. The van der Waals surface area contributed by atoms with E-state index in [0.717, 1.165) is 5.56 Å². The Labute approximate surface area is 157 Å². The van der Waals surface area contributed by atoms with E-state index in [1.807, 2.05) is 31.2 Å². The van der Waals surface area contributed by atoms with Gasteiger partial charge in [-0.25, -0.2) is 0 Å². The molecule has 0 bridgehead atoms. The maximum absolute atomic E-state index is 12.4. The van der Waals surface area contributed by atoms with Gasteiger partial charge in [0.1, 0.15) is 12.3 Å². The highest BCUT2D eigenvalue weighted by atomic mass is 16.5. The zero-order valence-corrected chi connectivity index (χ0v) is 15.4. The van der Waals surface area contributed by atoms with E-state index in [1.165, 1.54) is 4.90 Å². The lowest BCUT2D eigenvalue weighted by molar-refractivity contribution is -0.125. The van der Waals surface area contributed by atoms with Crippen molar-refractivity contribution in [2.24, 2.45) is 0 Å². The fraction of sp³-hybridized carbons (Fsp3) is 0.300. The van der Waals surface area contributed by atoms with Crippen LogP contribution in [0.15, 0.2) is 42.5 Å². The van der Waals surface area contributed by atoms with E-state index >= 15 is 0 Å². The van der Waals surface area contributed by atoms with Gasteiger partial charge >= 0.3 is 0 Å². The molecule has 0 saturated carbocycles. The summed E-state index contributed by atoms with van der Waals surface area (Å²) in [5.74, 6) is 1.37. The Balaban J connectivity index is 1.63. The molecular formula is C20H22N2O5. The Kier molecular flexibility index (Phi) is 5.80. The van der Waals surface area contributed by atoms with E-state index < -0.39 is 0 Å². The lowest BCUT2D eigenvalue weighted by atomic mass is 10.2. The quantitative estimate of drug-likeness (QED) is 0.808. The van der Waals surface area contributed by atoms with Gasteiger partial charge in [-0.15, -0.1) is 0 Å². The van der Waals surface area contributed by atoms with Gasteiger partial charge in [0.2, 0.25) is 5.91 Å². The number of benzene rings is 2. The molecule has 3 rings (SSSR count). The Morgan fingerprint density at radius 2 is 2.04 bits per heavy atom. The Morgan fingerprint density at radius 3 is 2.81 bits per heavy atom. The Hall–Kier alpha value is -3.22. The third-order valence-corrected chi connectivity index (χ3v) is 4.13. The molecule has 0 fully saturated rings. The third kappa shape index (κ3) is 4.31. The van der Waals surface area contributed by atoms with Crippen molar-refractivity contribution in [1.29, 1.82) is 0 Å². The summed E-state index contributed by atoms with van der Waals surface area (Å²) in [7, 11) is 1.57. The van der Waals surface area contributed by atoms with Crippen molar-refractivity contribution >= 4 is 17.5 Å². The average molecular weight is 370 g/mol. The molecule has 0 radical (unpaired) electrons. The van der Waals surface area contributed by atoms with Gasteiger partial charge in [0.15, 0.2) is 18.1 Å². The van der Waals surface area contributed by atoms with Crippen molar-refractivity contribution in [3.63, 3.8) is 0 Å². The monoisotopic (exact) mass is 370 g/mol. The molecular weight excluding hydrogens is 348 g/mol. The molecule has 0 unspecified atom stereocenters. The second-order valence-electron chi connectivity index (χ2n) is 5.93. The van der Waals surface area contributed by atoms with Gasteiger partial charge in [-0.05, 0) is 36.8 Å². The molecule has 2 amide bonds. The molecule has 27 heavy (non-hydrogen) atoms. The lowest BCUT2D eigenvalue weighted by Crippen LogP contribution is -2.45. The molecule has 0 aliphatic carbocycles. The summed E-state index contributed by atoms with van der Waals surface area (Å²) < 4.78 is 16.2.